The van der Waals surface area contributed by atoms with Crippen molar-refractivity contribution >= 4 is 10.8 Å². The maximum atomic E-state index is 5.07. The molecule has 0 aliphatic heterocycles. The second-order valence-corrected chi connectivity index (χ2v) is 6.35. The Hall–Kier alpha value is -1.38. The van der Waals surface area contributed by atoms with Crippen LogP contribution in [0.3, 0.4) is 0 Å². The van der Waals surface area contributed by atoms with Crippen LogP contribution in [0.1, 0.15) is 31.4 Å². The minimum Gasteiger partial charge on any atom is -0.383 e. The van der Waals surface area contributed by atoms with Crippen molar-refractivity contribution in [3.63, 3.8) is 0 Å². The van der Waals surface area contributed by atoms with Crippen LogP contribution in [-0.2, 0) is 10.2 Å². The lowest BCUT2D eigenvalue weighted by Gasteiger charge is -2.27. The summed E-state index contributed by atoms with van der Waals surface area (Å²) in [6, 6.07) is 13.3. The summed E-state index contributed by atoms with van der Waals surface area (Å²) in [6.07, 6.45) is 1.11. The van der Waals surface area contributed by atoms with Crippen LogP contribution in [0.4, 0.5) is 0 Å². The van der Waals surface area contributed by atoms with Crippen LogP contribution >= 0.6 is 0 Å². The first kappa shape index (κ1) is 16.0. The molecule has 0 amide bonds. The Kier molecular flexibility index (Phi) is 5.38. The molecule has 0 spiro atoms. The number of methoxy groups -OCH3 is 1. The number of benzene rings is 2. The number of nitrogens with one attached hydrogen (secondary N) is 1. The molecule has 0 radical (unpaired) electrons. The van der Waals surface area contributed by atoms with E-state index >= 15 is 0 Å². The summed E-state index contributed by atoms with van der Waals surface area (Å²) in [4.78, 5) is 0. The minimum atomic E-state index is 0.160. The van der Waals surface area contributed by atoms with Gasteiger partial charge in [0.05, 0.1) is 6.61 Å². The van der Waals surface area contributed by atoms with E-state index in [1.165, 1.54) is 21.9 Å². The summed E-state index contributed by atoms with van der Waals surface area (Å²) in [6.45, 7) is 9.56. The van der Waals surface area contributed by atoms with Crippen LogP contribution in [0.2, 0.25) is 0 Å². The first-order valence-corrected chi connectivity index (χ1v) is 7.75. The lowest BCUT2D eigenvalue weighted by atomic mass is 9.78. The van der Waals surface area contributed by atoms with Crippen LogP contribution in [0, 0.1) is 6.92 Å². The molecule has 1 N–H and O–H groups in total. The molecule has 21 heavy (non-hydrogen) atoms. The Morgan fingerprint density at radius 2 is 1.71 bits per heavy atom. The van der Waals surface area contributed by atoms with Gasteiger partial charge < -0.3 is 10.1 Å². The molecule has 0 saturated heterocycles. The van der Waals surface area contributed by atoms with E-state index < -0.39 is 0 Å². The number of hydrogen-bond donors (Lipinski definition) is 1. The number of rotatable bonds is 7. The highest BCUT2D eigenvalue weighted by molar-refractivity contribution is 5.89. The van der Waals surface area contributed by atoms with E-state index in [1.54, 1.807) is 7.11 Å². The highest BCUT2D eigenvalue weighted by Gasteiger charge is 2.22. The van der Waals surface area contributed by atoms with Gasteiger partial charge in [0.1, 0.15) is 0 Å². The van der Waals surface area contributed by atoms with Gasteiger partial charge in [0.15, 0.2) is 0 Å². The molecule has 2 heteroatoms. The molecule has 2 aromatic carbocycles. The van der Waals surface area contributed by atoms with E-state index in [1.807, 2.05) is 0 Å². The highest BCUT2D eigenvalue weighted by Crippen LogP contribution is 2.33. The van der Waals surface area contributed by atoms with Gasteiger partial charge in [0, 0.05) is 13.7 Å². The van der Waals surface area contributed by atoms with Gasteiger partial charge in [0.25, 0.3) is 0 Å². The number of aryl methyl sites for hydroxylation is 1. The normalized spacial score (nSPS) is 12.0. The third-order valence-electron chi connectivity index (χ3n) is 4.28. The predicted octanol–water partition coefficient (Wildman–Crippen LogP) is 4.05. The van der Waals surface area contributed by atoms with Gasteiger partial charge in [-0.3, -0.25) is 0 Å². The van der Waals surface area contributed by atoms with Crippen LogP contribution < -0.4 is 5.32 Å². The van der Waals surface area contributed by atoms with Crippen molar-refractivity contribution < 1.29 is 4.74 Å². The van der Waals surface area contributed by atoms with Gasteiger partial charge in [-0.1, -0.05) is 50.2 Å². The van der Waals surface area contributed by atoms with Gasteiger partial charge in [-0.05, 0) is 47.2 Å². The predicted molar refractivity (Wildman–Crippen MR) is 91.1 cm³/mol. The van der Waals surface area contributed by atoms with E-state index in [4.69, 9.17) is 4.74 Å². The zero-order valence-electron chi connectivity index (χ0n) is 13.7. The minimum absolute atomic E-state index is 0.160. The van der Waals surface area contributed by atoms with Crippen molar-refractivity contribution in [2.45, 2.75) is 32.6 Å². The summed E-state index contributed by atoms with van der Waals surface area (Å²) < 4.78 is 5.07. The topological polar surface area (TPSA) is 21.3 Å². The van der Waals surface area contributed by atoms with Crippen LogP contribution in [0.5, 0.6) is 0 Å². The second kappa shape index (κ2) is 7.06. The molecule has 2 aromatic rings. The van der Waals surface area contributed by atoms with Gasteiger partial charge >= 0.3 is 0 Å². The summed E-state index contributed by atoms with van der Waals surface area (Å²) >= 11 is 0. The van der Waals surface area contributed by atoms with E-state index in [-0.39, 0.29) is 5.41 Å². The molecule has 0 fully saturated rings. The average molecular weight is 285 g/mol. The molecule has 0 aromatic heterocycles. The van der Waals surface area contributed by atoms with Gasteiger partial charge in [0.2, 0.25) is 0 Å². The number of ether oxygens (including phenoxy) is 1. The van der Waals surface area contributed by atoms with Crippen molar-refractivity contribution in [3.05, 3.63) is 47.5 Å². The quantitative estimate of drug-likeness (QED) is 0.775. The molecule has 2 rings (SSSR count). The third kappa shape index (κ3) is 3.84. The molecule has 114 valence electrons. The molecular weight excluding hydrogens is 258 g/mol. The first-order chi connectivity index (χ1) is 10.1. The molecular formula is C19H27NO. The maximum absolute atomic E-state index is 5.07. The van der Waals surface area contributed by atoms with E-state index in [0.717, 1.165) is 26.1 Å². The van der Waals surface area contributed by atoms with Gasteiger partial charge in [-0.2, -0.15) is 0 Å². The van der Waals surface area contributed by atoms with E-state index in [0.29, 0.717) is 0 Å². The molecule has 0 heterocycles. The first-order valence-electron chi connectivity index (χ1n) is 7.75. The summed E-state index contributed by atoms with van der Waals surface area (Å²) in [5.74, 6) is 0. The second-order valence-electron chi connectivity index (χ2n) is 6.35. The summed E-state index contributed by atoms with van der Waals surface area (Å²) in [5.41, 5.74) is 2.95. The Morgan fingerprint density at radius 3 is 2.43 bits per heavy atom. The molecule has 0 aliphatic rings. The smallest absolute Gasteiger partial charge is 0.0587 e. The zero-order valence-corrected chi connectivity index (χ0v) is 13.7. The molecule has 0 bridgehead atoms. The molecule has 0 aliphatic carbocycles. The number of hydrogen-bond acceptors (Lipinski definition) is 2. The van der Waals surface area contributed by atoms with Gasteiger partial charge in [-0.15, -0.1) is 0 Å². The monoisotopic (exact) mass is 285 g/mol. The fraction of sp³-hybridized carbons (Fsp3) is 0.474. The van der Waals surface area contributed by atoms with Crippen molar-refractivity contribution in [2.24, 2.45) is 0 Å². The molecule has 2 nitrogen and oxygen atoms in total. The standard InChI is InChI=1S/C19H27NO/c1-15-9-10-18(17-8-6-5-7-16(15)17)19(2,3)11-12-20-13-14-21-4/h5-10,20H,11-14H2,1-4H3. The molecule has 0 saturated carbocycles. The van der Waals surface area contributed by atoms with E-state index in [9.17, 15) is 0 Å². The van der Waals surface area contributed by atoms with Crippen molar-refractivity contribution in [2.75, 3.05) is 26.8 Å². The van der Waals surface area contributed by atoms with Crippen LogP contribution in [-0.4, -0.2) is 26.8 Å². The van der Waals surface area contributed by atoms with Crippen LogP contribution in [0.25, 0.3) is 10.8 Å². The lowest BCUT2D eigenvalue weighted by molar-refractivity contribution is 0.198. The molecule has 0 atom stereocenters. The fourth-order valence-corrected chi connectivity index (χ4v) is 2.87. The SMILES string of the molecule is COCCNCCC(C)(C)c1ccc(C)c2ccccc12. The maximum Gasteiger partial charge on any atom is 0.0587 e. The third-order valence-corrected chi connectivity index (χ3v) is 4.28. The Morgan fingerprint density at radius 1 is 1.00 bits per heavy atom. The van der Waals surface area contributed by atoms with Crippen LogP contribution in [0.15, 0.2) is 36.4 Å². The van der Waals surface area contributed by atoms with Crippen molar-refractivity contribution in [1.82, 2.24) is 5.32 Å². The Bertz CT molecular complexity index is 589. The number of fused-ring (bicyclic) bond motifs is 1. The Balaban J connectivity index is 2.18. The summed E-state index contributed by atoms with van der Waals surface area (Å²) in [5, 5.41) is 6.21. The molecule has 0 unspecified atom stereocenters. The van der Waals surface area contributed by atoms with Crippen molar-refractivity contribution in [3.8, 4) is 0 Å². The fourth-order valence-electron chi connectivity index (χ4n) is 2.87. The lowest BCUT2D eigenvalue weighted by Crippen LogP contribution is -2.27. The Labute approximate surface area is 128 Å². The zero-order chi connectivity index (χ0) is 15.3. The average Bonchev–Trinajstić information content (AvgIpc) is 2.47. The van der Waals surface area contributed by atoms with Crippen molar-refractivity contribution in [1.29, 1.82) is 0 Å². The largest absolute Gasteiger partial charge is 0.383 e. The van der Waals surface area contributed by atoms with Gasteiger partial charge in [-0.25, -0.2) is 0 Å². The van der Waals surface area contributed by atoms with E-state index in [2.05, 4.69) is 62.5 Å². The summed E-state index contributed by atoms with van der Waals surface area (Å²) in [7, 11) is 1.74. The highest BCUT2D eigenvalue weighted by atomic mass is 16.5.